The highest BCUT2D eigenvalue weighted by molar-refractivity contribution is 5.98. The van der Waals surface area contributed by atoms with E-state index in [0.717, 1.165) is 0 Å². The van der Waals surface area contributed by atoms with Gasteiger partial charge in [0.05, 0.1) is 19.8 Å². The van der Waals surface area contributed by atoms with E-state index < -0.39 is 0 Å². The summed E-state index contributed by atoms with van der Waals surface area (Å²) in [4.78, 5) is 11.9. The summed E-state index contributed by atoms with van der Waals surface area (Å²) in [5.74, 6) is 1.72. The van der Waals surface area contributed by atoms with Crippen LogP contribution in [0.3, 0.4) is 0 Å². The molecule has 0 aliphatic heterocycles. The molecule has 88 valence electrons. The van der Waals surface area contributed by atoms with E-state index in [0.29, 0.717) is 29.4 Å². The Morgan fingerprint density at radius 3 is 2.44 bits per heavy atom. The zero-order valence-corrected chi connectivity index (χ0v) is 10.2. The number of Topliss-reactive ketones (excluding diaryl/α,β-unsaturated/α-hetero) is 1. The fourth-order valence-corrected chi connectivity index (χ4v) is 1.51. The van der Waals surface area contributed by atoms with Crippen LogP contribution in [0.1, 0.15) is 30.6 Å². The van der Waals surface area contributed by atoms with Gasteiger partial charge in [-0.3, -0.25) is 4.79 Å². The standard InChI is InChI=1S/C13H18O3/c1-9(2)7-12(14)11-6-5-10(15-3)8-13(11)16-4/h5-6,8-9H,7H2,1-4H3. The lowest BCUT2D eigenvalue weighted by Crippen LogP contribution is -2.05. The van der Waals surface area contributed by atoms with Gasteiger partial charge in [-0.25, -0.2) is 0 Å². The average molecular weight is 222 g/mol. The van der Waals surface area contributed by atoms with Gasteiger partial charge in [-0.1, -0.05) is 13.8 Å². The van der Waals surface area contributed by atoms with Crippen LogP contribution in [-0.4, -0.2) is 20.0 Å². The van der Waals surface area contributed by atoms with Crippen molar-refractivity contribution in [3.63, 3.8) is 0 Å². The molecule has 16 heavy (non-hydrogen) atoms. The molecule has 3 nitrogen and oxygen atoms in total. The molecule has 0 heterocycles. The summed E-state index contributed by atoms with van der Waals surface area (Å²) < 4.78 is 10.3. The Hall–Kier alpha value is -1.51. The van der Waals surface area contributed by atoms with Crippen molar-refractivity contribution in [2.24, 2.45) is 5.92 Å². The Morgan fingerprint density at radius 2 is 1.94 bits per heavy atom. The molecule has 0 aromatic heterocycles. The molecule has 0 spiro atoms. The van der Waals surface area contributed by atoms with E-state index in [2.05, 4.69) is 0 Å². The third kappa shape index (κ3) is 2.99. The lowest BCUT2D eigenvalue weighted by molar-refractivity contribution is 0.0965. The van der Waals surface area contributed by atoms with Crippen molar-refractivity contribution in [2.45, 2.75) is 20.3 Å². The molecule has 3 heteroatoms. The van der Waals surface area contributed by atoms with Crippen molar-refractivity contribution in [1.82, 2.24) is 0 Å². The van der Waals surface area contributed by atoms with Gasteiger partial charge in [0.2, 0.25) is 0 Å². The first kappa shape index (κ1) is 12.6. The predicted molar refractivity (Wildman–Crippen MR) is 63.3 cm³/mol. The summed E-state index contributed by atoms with van der Waals surface area (Å²) in [6.45, 7) is 4.04. The second kappa shape index (κ2) is 5.54. The number of hydrogen-bond donors (Lipinski definition) is 0. The predicted octanol–water partition coefficient (Wildman–Crippen LogP) is 2.93. The van der Waals surface area contributed by atoms with Crippen LogP contribution < -0.4 is 9.47 Å². The third-order valence-corrected chi connectivity index (χ3v) is 2.30. The van der Waals surface area contributed by atoms with Crippen molar-refractivity contribution in [2.75, 3.05) is 14.2 Å². The molecule has 0 aliphatic carbocycles. The fourth-order valence-electron chi connectivity index (χ4n) is 1.51. The van der Waals surface area contributed by atoms with Gasteiger partial charge < -0.3 is 9.47 Å². The van der Waals surface area contributed by atoms with E-state index >= 15 is 0 Å². The monoisotopic (exact) mass is 222 g/mol. The molecule has 1 aromatic carbocycles. The summed E-state index contributed by atoms with van der Waals surface area (Å²) in [5, 5.41) is 0. The number of ether oxygens (including phenoxy) is 2. The zero-order chi connectivity index (χ0) is 12.1. The summed E-state index contributed by atoms with van der Waals surface area (Å²) in [5.41, 5.74) is 0.622. The first-order valence-electron chi connectivity index (χ1n) is 5.33. The second-order valence-electron chi connectivity index (χ2n) is 4.09. The van der Waals surface area contributed by atoms with E-state index in [4.69, 9.17) is 9.47 Å². The van der Waals surface area contributed by atoms with Gasteiger partial charge in [-0.15, -0.1) is 0 Å². The lowest BCUT2D eigenvalue weighted by atomic mass is 10.0. The molecule has 0 unspecified atom stereocenters. The van der Waals surface area contributed by atoms with Crippen LogP contribution in [0.2, 0.25) is 0 Å². The van der Waals surface area contributed by atoms with Crippen LogP contribution in [0.4, 0.5) is 0 Å². The Labute approximate surface area is 96.4 Å². The Morgan fingerprint density at radius 1 is 1.25 bits per heavy atom. The van der Waals surface area contributed by atoms with Gasteiger partial charge in [0.1, 0.15) is 11.5 Å². The number of rotatable bonds is 5. The van der Waals surface area contributed by atoms with Crippen molar-refractivity contribution in [1.29, 1.82) is 0 Å². The smallest absolute Gasteiger partial charge is 0.166 e. The van der Waals surface area contributed by atoms with Crippen molar-refractivity contribution in [3.8, 4) is 11.5 Å². The van der Waals surface area contributed by atoms with Gasteiger partial charge in [0, 0.05) is 12.5 Å². The highest BCUT2D eigenvalue weighted by Gasteiger charge is 2.14. The van der Waals surface area contributed by atoms with Crippen LogP contribution in [-0.2, 0) is 0 Å². The van der Waals surface area contributed by atoms with Crippen molar-refractivity contribution < 1.29 is 14.3 Å². The summed E-state index contributed by atoms with van der Waals surface area (Å²) in [6, 6.07) is 5.26. The highest BCUT2D eigenvalue weighted by Crippen LogP contribution is 2.26. The number of carbonyl (C=O) groups is 1. The van der Waals surface area contributed by atoms with Crippen molar-refractivity contribution >= 4 is 5.78 Å². The maximum Gasteiger partial charge on any atom is 0.166 e. The zero-order valence-electron chi connectivity index (χ0n) is 10.2. The highest BCUT2D eigenvalue weighted by atomic mass is 16.5. The van der Waals surface area contributed by atoms with Crippen LogP contribution in [0.25, 0.3) is 0 Å². The average Bonchev–Trinajstić information content (AvgIpc) is 2.27. The minimum Gasteiger partial charge on any atom is -0.497 e. The molecule has 0 aliphatic rings. The molecule has 0 fully saturated rings. The molecule has 0 radical (unpaired) electrons. The quantitative estimate of drug-likeness (QED) is 0.718. The minimum absolute atomic E-state index is 0.106. The maximum atomic E-state index is 11.9. The molecule has 0 saturated carbocycles. The first-order chi connectivity index (χ1) is 7.58. The molecule has 0 atom stereocenters. The van der Waals surface area contributed by atoms with Crippen LogP contribution in [0, 0.1) is 5.92 Å². The Kier molecular flexibility index (Phi) is 4.35. The Balaban J connectivity index is 2.99. The van der Waals surface area contributed by atoms with Gasteiger partial charge in [0.25, 0.3) is 0 Å². The molecular weight excluding hydrogens is 204 g/mol. The fraction of sp³-hybridized carbons (Fsp3) is 0.462. The third-order valence-electron chi connectivity index (χ3n) is 2.30. The van der Waals surface area contributed by atoms with E-state index in [1.54, 1.807) is 32.4 Å². The second-order valence-corrected chi connectivity index (χ2v) is 4.09. The number of ketones is 1. The molecule has 0 N–H and O–H groups in total. The summed E-state index contributed by atoms with van der Waals surface area (Å²) in [7, 11) is 3.14. The van der Waals surface area contributed by atoms with E-state index in [9.17, 15) is 4.79 Å². The normalized spacial score (nSPS) is 10.3. The maximum absolute atomic E-state index is 11.9. The number of hydrogen-bond acceptors (Lipinski definition) is 3. The van der Waals surface area contributed by atoms with Crippen molar-refractivity contribution in [3.05, 3.63) is 23.8 Å². The van der Waals surface area contributed by atoms with E-state index in [1.807, 2.05) is 13.8 Å². The lowest BCUT2D eigenvalue weighted by Gasteiger charge is -2.10. The molecule has 0 saturated heterocycles. The van der Waals surface area contributed by atoms with E-state index in [-0.39, 0.29) is 5.78 Å². The Bertz CT molecular complexity index is 369. The van der Waals surface area contributed by atoms with Gasteiger partial charge in [-0.2, -0.15) is 0 Å². The van der Waals surface area contributed by atoms with Gasteiger partial charge in [0.15, 0.2) is 5.78 Å². The number of benzene rings is 1. The topological polar surface area (TPSA) is 35.5 Å². The van der Waals surface area contributed by atoms with Crippen LogP contribution in [0.15, 0.2) is 18.2 Å². The molecule has 1 aromatic rings. The summed E-state index contributed by atoms with van der Waals surface area (Å²) in [6.07, 6.45) is 0.530. The molecule has 1 rings (SSSR count). The largest absolute Gasteiger partial charge is 0.497 e. The van der Waals surface area contributed by atoms with Gasteiger partial charge >= 0.3 is 0 Å². The number of carbonyl (C=O) groups excluding carboxylic acids is 1. The molecular formula is C13H18O3. The summed E-state index contributed by atoms with van der Waals surface area (Å²) >= 11 is 0. The van der Waals surface area contributed by atoms with Gasteiger partial charge in [-0.05, 0) is 18.1 Å². The molecule has 0 amide bonds. The van der Waals surface area contributed by atoms with Crippen LogP contribution >= 0.6 is 0 Å². The molecule has 0 bridgehead atoms. The first-order valence-corrected chi connectivity index (χ1v) is 5.33. The SMILES string of the molecule is COc1ccc(C(=O)CC(C)C)c(OC)c1. The number of methoxy groups -OCH3 is 2. The van der Waals surface area contributed by atoms with Crippen LogP contribution in [0.5, 0.6) is 11.5 Å². The minimum atomic E-state index is 0.106. The van der Waals surface area contributed by atoms with E-state index in [1.165, 1.54) is 0 Å².